The molecule has 2 aromatic rings. The summed E-state index contributed by atoms with van der Waals surface area (Å²) >= 11 is 23.3. The average molecular weight is 433 g/mol. The molecule has 140 valence electrons. The number of anilines is 1. The van der Waals surface area contributed by atoms with Crippen LogP contribution in [-0.4, -0.2) is 21.0 Å². The van der Waals surface area contributed by atoms with Crippen LogP contribution in [0.25, 0.3) is 10.8 Å². The Hall–Kier alpha value is -1.27. The molecule has 0 aromatic heterocycles. The number of amides is 1. The molecule has 0 unspecified atom stereocenters. The molecular formula is C18H20Cl3N3OS. The molecule has 2 rings (SSSR count). The topological polar surface area (TPSA) is 53.2 Å². The summed E-state index contributed by atoms with van der Waals surface area (Å²) in [5.74, 6) is -0.0384. The minimum atomic E-state index is -1.77. The van der Waals surface area contributed by atoms with Crippen molar-refractivity contribution in [2.24, 2.45) is 5.92 Å². The first-order valence-electron chi connectivity index (χ1n) is 8.08. The quantitative estimate of drug-likeness (QED) is 0.354. The van der Waals surface area contributed by atoms with Gasteiger partial charge in [-0.25, -0.2) is 0 Å². The fourth-order valence-corrected chi connectivity index (χ4v) is 2.97. The van der Waals surface area contributed by atoms with E-state index in [2.05, 4.69) is 16.0 Å². The Bertz CT molecular complexity index is 787. The van der Waals surface area contributed by atoms with Gasteiger partial charge in [0.1, 0.15) is 6.17 Å². The van der Waals surface area contributed by atoms with E-state index in [0.29, 0.717) is 6.42 Å². The number of halogens is 3. The molecule has 0 heterocycles. The van der Waals surface area contributed by atoms with Crippen LogP contribution in [0, 0.1) is 5.92 Å². The number of hydrogen-bond acceptors (Lipinski definition) is 2. The maximum Gasteiger partial charge on any atom is 0.228 e. The van der Waals surface area contributed by atoms with Crippen molar-refractivity contribution in [2.45, 2.75) is 30.2 Å². The molecule has 0 bridgehead atoms. The molecule has 0 radical (unpaired) electrons. The van der Waals surface area contributed by atoms with Crippen LogP contribution in [0.4, 0.5) is 5.69 Å². The second-order valence-electron chi connectivity index (χ2n) is 6.27. The fourth-order valence-electron chi connectivity index (χ4n) is 2.41. The molecule has 0 spiro atoms. The van der Waals surface area contributed by atoms with Gasteiger partial charge in [-0.2, -0.15) is 0 Å². The van der Waals surface area contributed by atoms with Crippen molar-refractivity contribution in [3.05, 3.63) is 42.5 Å². The highest BCUT2D eigenvalue weighted by Gasteiger charge is 2.34. The monoisotopic (exact) mass is 431 g/mol. The smallest absolute Gasteiger partial charge is 0.228 e. The van der Waals surface area contributed by atoms with Crippen LogP contribution >= 0.6 is 47.0 Å². The van der Waals surface area contributed by atoms with Gasteiger partial charge in [0.25, 0.3) is 0 Å². The molecule has 0 saturated heterocycles. The molecule has 0 saturated carbocycles. The number of carbonyl (C=O) groups excluding carboxylic acids is 1. The number of fused-ring (bicyclic) bond motifs is 1. The lowest BCUT2D eigenvalue weighted by atomic mass is 10.1. The van der Waals surface area contributed by atoms with Gasteiger partial charge in [-0.15, -0.1) is 0 Å². The molecule has 4 nitrogen and oxygen atoms in total. The maximum absolute atomic E-state index is 12.0. The van der Waals surface area contributed by atoms with Crippen LogP contribution in [0.2, 0.25) is 0 Å². The normalized spacial score (nSPS) is 12.7. The number of benzene rings is 2. The highest BCUT2D eigenvalue weighted by molar-refractivity contribution is 7.80. The molecule has 1 amide bonds. The van der Waals surface area contributed by atoms with Gasteiger partial charge in [-0.05, 0) is 29.6 Å². The van der Waals surface area contributed by atoms with Gasteiger partial charge in [0.15, 0.2) is 5.11 Å². The molecule has 0 aliphatic carbocycles. The van der Waals surface area contributed by atoms with Gasteiger partial charge >= 0.3 is 0 Å². The Morgan fingerprint density at radius 1 is 1.08 bits per heavy atom. The number of hydrogen-bond donors (Lipinski definition) is 3. The van der Waals surface area contributed by atoms with Crippen LogP contribution in [0.1, 0.15) is 20.3 Å². The lowest BCUT2D eigenvalue weighted by Gasteiger charge is -2.28. The molecule has 26 heavy (non-hydrogen) atoms. The van der Waals surface area contributed by atoms with E-state index in [4.69, 9.17) is 47.0 Å². The van der Waals surface area contributed by atoms with Gasteiger partial charge in [0.2, 0.25) is 9.70 Å². The van der Waals surface area contributed by atoms with Crippen molar-refractivity contribution in [1.29, 1.82) is 0 Å². The minimum absolute atomic E-state index is 0.187. The van der Waals surface area contributed by atoms with E-state index in [1.165, 1.54) is 0 Å². The molecule has 3 N–H and O–H groups in total. The highest BCUT2D eigenvalue weighted by Crippen LogP contribution is 2.29. The lowest BCUT2D eigenvalue weighted by molar-refractivity contribution is -0.122. The van der Waals surface area contributed by atoms with Gasteiger partial charge in [0, 0.05) is 17.5 Å². The van der Waals surface area contributed by atoms with Crippen molar-refractivity contribution in [1.82, 2.24) is 10.6 Å². The minimum Gasteiger partial charge on any atom is -0.339 e. The second kappa shape index (κ2) is 9.09. The van der Waals surface area contributed by atoms with E-state index in [1.54, 1.807) is 0 Å². The van der Waals surface area contributed by atoms with Gasteiger partial charge < -0.3 is 16.0 Å². The number of thiocarbonyl (C=S) groups is 1. The third-order valence-corrected chi connectivity index (χ3v) is 4.41. The van der Waals surface area contributed by atoms with Crippen LogP contribution < -0.4 is 16.0 Å². The molecule has 8 heteroatoms. The van der Waals surface area contributed by atoms with E-state index in [-0.39, 0.29) is 16.9 Å². The first-order valence-corrected chi connectivity index (χ1v) is 9.62. The SMILES string of the molecule is CC(C)CC(=O)N[C@H](NC(=S)Nc1cccc2ccccc12)C(Cl)(Cl)Cl. The highest BCUT2D eigenvalue weighted by atomic mass is 35.6. The van der Waals surface area contributed by atoms with Crippen LogP contribution in [0.3, 0.4) is 0 Å². The summed E-state index contributed by atoms with van der Waals surface area (Å²) in [4.78, 5) is 12.0. The summed E-state index contributed by atoms with van der Waals surface area (Å²) in [5, 5.41) is 10.9. The third kappa shape index (κ3) is 6.16. The summed E-state index contributed by atoms with van der Waals surface area (Å²) < 4.78 is -1.77. The summed E-state index contributed by atoms with van der Waals surface area (Å²) in [7, 11) is 0. The summed E-state index contributed by atoms with van der Waals surface area (Å²) in [6.07, 6.45) is -0.642. The fraction of sp³-hybridized carbons (Fsp3) is 0.333. The Balaban J connectivity index is 2.10. The van der Waals surface area contributed by atoms with E-state index in [9.17, 15) is 4.79 Å². The Labute approximate surface area is 173 Å². The van der Waals surface area contributed by atoms with E-state index >= 15 is 0 Å². The largest absolute Gasteiger partial charge is 0.339 e. The van der Waals surface area contributed by atoms with E-state index in [1.807, 2.05) is 56.3 Å². The summed E-state index contributed by atoms with van der Waals surface area (Å²) in [5.41, 5.74) is 0.817. The van der Waals surface area contributed by atoms with Crippen molar-refractivity contribution in [2.75, 3.05) is 5.32 Å². The van der Waals surface area contributed by atoms with Crippen molar-refractivity contribution in [3.8, 4) is 0 Å². The van der Waals surface area contributed by atoms with Crippen molar-refractivity contribution in [3.63, 3.8) is 0 Å². The van der Waals surface area contributed by atoms with Gasteiger partial charge in [-0.3, -0.25) is 4.79 Å². The Morgan fingerprint density at radius 3 is 2.38 bits per heavy atom. The van der Waals surface area contributed by atoms with Crippen molar-refractivity contribution < 1.29 is 4.79 Å². The predicted molar refractivity (Wildman–Crippen MR) is 115 cm³/mol. The zero-order valence-electron chi connectivity index (χ0n) is 14.4. The second-order valence-corrected chi connectivity index (χ2v) is 9.04. The van der Waals surface area contributed by atoms with Gasteiger partial charge in [-0.1, -0.05) is 85.0 Å². The summed E-state index contributed by atoms with van der Waals surface area (Å²) in [6.45, 7) is 3.87. The molecule has 0 aliphatic heterocycles. The zero-order chi connectivity index (χ0) is 19.3. The first-order chi connectivity index (χ1) is 12.2. The van der Waals surface area contributed by atoms with E-state index in [0.717, 1.165) is 16.5 Å². The third-order valence-electron chi connectivity index (χ3n) is 3.54. The maximum atomic E-state index is 12.0. The molecular weight excluding hydrogens is 413 g/mol. The molecule has 2 aromatic carbocycles. The predicted octanol–water partition coefficient (Wildman–Crippen LogP) is 4.98. The summed E-state index contributed by atoms with van der Waals surface area (Å²) in [6, 6.07) is 13.7. The van der Waals surface area contributed by atoms with Crippen LogP contribution in [0.5, 0.6) is 0 Å². The van der Waals surface area contributed by atoms with Crippen LogP contribution in [0.15, 0.2) is 42.5 Å². The van der Waals surface area contributed by atoms with Gasteiger partial charge in [0.05, 0.1) is 0 Å². The Morgan fingerprint density at radius 2 is 1.73 bits per heavy atom. The molecule has 0 aliphatic rings. The van der Waals surface area contributed by atoms with E-state index < -0.39 is 9.96 Å². The first kappa shape index (κ1) is 21.0. The molecule has 1 atom stereocenters. The molecule has 0 fully saturated rings. The number of alkyl halides is 3. The Kier molecular flexibility index (Phi) is 7.35. The number of rotatable bonds is 5. The number of nitrogens with one attached hydrogen (secondary N) is 3. The number of carbonyl (C=O) groups is 1. The average Bonchev–Trinajstić information content (AvgIpc) is 2.53. The zero-order valence-corrected chi connectivity index (χ0v) is 17.4. The van der Waals surface area contributed by atoms with Crippen LogP contribution in [-0.2, 0) is 4.79 Å². The van der Waals surface area contributed by atoms with Crippen molar-refractivity contribution >= 4 is 74.5 Å². The standard InChI is InChI=1S/C18H20Cl3N3OS/c1-11(2)10-15(25)23-16(18(19,20)21)24-17(26)22-14-9-5-7-12-6-3-4-8-13(12)14/h3-9,11,16H,10H2,1-2H3,(H,23,25)(H2,22,24,26)/t16-/m1/s1. The lowest BCUT2D eigenvalue weighted by Crippen LogP contribution is -2.56.